The molecule has 2 aromatic carbocycles. The molecule has 7 heteroatoms. The molecule has 0 spiro atoms. The summed E-state index contributed by atoms with van der Waals surface area (Å²) in [6.07, 6.45) is 2.09. The lowest BCUT2D eigenvalue weighted by Gasteiger charge is -2.15. The van der Waals surface area contributed by atoms with Crippen molar-refractivity contribution in [2.24, 2.45) is 0 Å². The summed E-state index contributed by atoms with van der Waals surface area (Å²) in [5.74, 6) is 0.360. The van der Waals surface area contributed by atoms with Crippen molar-refractivity contribution in [2.75, 3.05) is 12.9 Å². The summed E-state index contributed by atoms with van der Waals surface area (Å²) in [4.78, 5) is 12.4. The highest BCUT2D eigenvalue weighted by molar-refractivity contribution is 9.10. The quantitative estimate of drug-likeness (QED) is 0.713. The van der Waals surface area contributed by atoms with Crippen molar-refractivity contribution in [3.05, 3.63) is 58.1 Å². The standard InChI is InChI=1S/C19H22BrNO4S/c1-4-14-5-10-18(17(20)11-14)25-12-19(22)21-13(2)15-6-8-16(9-7-15)26(3,23)24/h5-11,13H,4,12H2,1-3H3,(H,21,22)/t13-/m1/s1. The van der Waals surface area contributed by atoms with Crippen LogP contribution in [0.2, 0.25) is 0 Å². The van der Waals surface area contributed by atoms with Crippen molar-refractivity contribution in [3.63, 3.8) is 0 Å². The first-order valence-corrected chi connectivity index (χ1v) is 10.9. The van der Waals surface area contributed by atoms with Gasteiger partial charge in [0.15, 0.2) is 16.4 Å². The molecule has 140 valence electrons. The minimum absolute atomic E-state index is 0.101. The Balaban J connectivity index is 1.93. The van der Waals surface area contributed by atoms with Gasteiger partial charge in [0.25, 0.3) is 5.91 Å². The number of aryl methyl sites for hydroxylation is 1. The van der Waals surface area contributed by atoms with Crippen LogP contribution in [0.4, 0.5) is 0 Å². The third-order valence-corrected chi connectivity index (χ3v) is 5.70. The predicted octanol–water partition coefficient (Wildman–Crippen LogP) is 3.67. The molecule has 0 heterocycles. The van der Waals surface area contributed by atoms with E-state index >= 15 is 0 Å². The Labute approximate surface area is 162 Å². The molecule has 0 aliphatic carbocycles. The fraction of sp³-hybridized carbons (Fsp3) is 0.316. The van der Waals surface area contributed by atoms with Crippen LogP contribution in [0.1, 0.15) is 31.0 Å². The van der Waals surface area contributed by atoms with Gasteiger partial charge in [-0.05, 0) is 64.7 Å². The molecule has 0 radical (unpaired) electrons. The Morgan fingerprint density at radius 1 is 1.19 bits per heavy atom. The van der Waals surface area contributed by atoms with Gasteiger partial charge in [-0.3, -0.25) is 4.79 Å². The average Bonchev–Trinajstić information content (AvgIpc) is 2.59. The van der Waals surface area contributed by atoms with Crippen LogP contribution in [-0.4, -0.2) is 27.2 Å². The lowest BCUT2D eigenvalue weighted by atomic mass is 10.1. The van der Waals surface area contributed by atoms with Crippen molar-refractivity contribution < 1.29 is 17.9 Å². The zero-order chi connectivity index (χ0) is 19.3. The van der Waals surface area contributed by atoms with Crippen molar-refractivity contribution >= 4 is 31.7 Å². The summed E-state index contributed by atoms with van der Waals surface area (Å²) in [6.45, 7) is 3.80. The fourth-order valence-corrected chi connectivity index (χ4v) is 3.57. The van der Waals surface area contributed by atoms with Gasteiger partial charge in [0.1, 0.15) is 5.75 Å². The Hall–Kier alpha value is -1.86. The summed E-state index contributed by atoms with van der Waals surface area (Å²) >= 11 is 3.44. The smallest absolute Gasteiger partial charge is 0.258 e. The third kappa shape index (κ3) is 5.57. The van der Waals surface area contributed by atoms with E-state index in [9.17, 15) is 13.2 Å². The predicted molar refractivity (Wildman–Crippen MR) is 105 cm³/mol. The number of hydrogen-bond donors (Lipinski definition) is 1. The highest BCUT2D eigenvalue weighted by Gasteiger charge is 2.13. The summed E-state index contributed by atoms with van der Waals surface area (Å²) in [5.41, 5.74) is 2.00. The van der Waals surface area contributed by atoms with Crippen LogP contribution in [0, 0.1) is 0 Å². The average molecular weight is 440 g/mol. The molecule has 0 saturated heterocycles. The highest BCUT2D eigenvalue weighted by atomic mass is 79.9. The molecule has 0 fully saturated rings. The van der Waals surface area contributed by atoms with Crippen molar-refractivity contribution in [2.45, 2.75) is 31.2 Å². The van der Waals surface area contributed by atoms with Crippen LogP contribution >= 0.6 is 15.9 Å². The lowest BCUT2D eigenvalue weighted by Crippen LogP contribution is -2.31. The molecule has 2 rings (SSSR count). The number of amides is 1. The van der Waals surface area contributed by atoms with E-state index in [2.05, 4.69) is 28.2 Å². The van der Waals surface area contributed by atoms with Crippen molar-refractivity contribution in [1.82, 2.24) is 5.32 Å². The molecule has 26 heavy (non-hydrogen) atoms. The van der Waals surface area contributed by atoms with Gasteiger partial charge in [0.05, 0.1) is 15.4 Å². The van der Waals surface area contributed by atoms with Crippen LogP contribution in [0.15, 0.2) is 51.8 Å². The maximum atomic E-state index is 12.1. The van der Waals surface area contributed by atoms with E-state index in [-0.39, 0.29) is 23.5 Å². The van der Waals surface area contributed by atoms with E-state index < -0.39 is 9.84 Å². The van der Waals surface area contributed by atoms with E-state index in [4.69, 9.17) is 4.74 Å². The Bertz CT molecular complexity index is 879. The summed E-state index contributed by atoms with van der Waals surface area (Å²) in [6, 6.07) is 12.0. The molecule has 5 nitrogen and oxygen atoms in total. The van der Waals surface area contributed by atoms with Gasteiger partial charge in [0, 0.05) is 6.26 Å². The van der Waals surface area contributed by atoms with Crippen LogP contribution in [0.3, 0.4) is 0 Å². The second kappa shape index (κ2) is 8.68. The molecule has 1 amide bonds. The topological polar surface area (TPSA) is 72.5 Å². The zero-order valence-electron chi connectivity index (χ0n) is 15.0. The number of rotatable bonds is 7. The zero-order valence-corrected chi connectivity index (χ0v) is 17.4. The fourth-order valence-electron chi connectivity index (χ4n) is 2.39. The maximum absolute atomic E-state index is 12.1. The second-order valence-corrected chi connectivity index (χ2v) is 8.91. The van der Waals surface area contributed by atoms with Crippen LogP contribution in [0.25, 0.3) is 0 Å². The number of carbonyl (C=O) groups is 1. The molecule has 0 unspecified atom stereocenters. The van der Waals surface area contributed by atoms with Gasteiger partial charge in [-0.25, -0.2) is 8.42 Å². The largest absolute Gasteiger partial charge is 0.483 e. The Kier molecular flexibility index (Phi) is 6.83. The minimum atomic E-state index is -3.23. The van der Waals surface area contributed by atoms with Crippen LogP contribution < -0.4 is 10.1 Å². The van der Waals surface area contributed by atoms with Crippen LogP contribution in [-0.2, 0) is 21.1 Å². The lowest BCUT2D eigenvalue weighted by molar-refractivity contribution is -0.123. The van der Waals surface area contributed by atoms with E-state index in [1.54, 1.807) is 12.1 Å². The molecule has 0 aliphatic rings. The molecule has 0 saturated carbocycles. The molecule has 2 aromatic rings. The number of benzene rings is 2. The highest BCUT2D eigenvalue weighted by Crippen LogP contribution is 2.26. The van der Waals surface area contributed by atoms with Crippen molar-refractivity contribution in [1.29, 1.82) is 0 Å². The van der Waals surface area contributed by atoms with Gasteiger partial charge in [-0.15, -0.1) is 0 Å². The van der Waals surface area contributed by atoms with Crippen molar-refractivity contribution in [3.8, 4) is 5.75 Å². The number of sulfone groups is 1. The molecular weight excluding hydrogens is 418 g/mol. The molecule has 1 N–H and O–H groups in total. The SMILES string of the molecule is CCc1ccc(OCC(=O)N[C@H](C)c2ccc(S(C)(=O)=O)cc2)c(Br)c1. The number of nitrogens with one attached hydrogen (secondary N) is 1. The maximum Gasteiger partial charge on any atom is 0.258 e. The third-order valence-electron chi connectivity index (χ3n) is 3.95. The normalized spacial score (nSPS) is 12.5. The first-order chi connectivity index (χ1) is 12.2. The van der Waals surface area contributed by atoms with Gasteiger partial charge in [-0.1, -0.05) is 25.1 Å². The van der Waals surface area contributed by atoms with E-state index in [0.717, 1.165) is 22.7 Å². The molecular formula is C19H22BrNO4S. The summed E-state index contributed by atoms with van der Waals surface area (Å²) in [5, 5.41) is 2.84. The Morgan fingerprint density at radius 3 is 2.38 bits per heavy atom. The molecule has 0 aliphatic heterocycles. The number of hydrogen-bond acceptors (Lipinski definition) is 4. The van der Waals surface area contributed by atoms with Crippen LogP contribution in [0.5, 0.6) is 5.75 Å². The number of ether oxygens (including phenoxy) is 1. The van der Waals surface area contributed by atoms with E-state index in [0.29, 0.717) is 5.75 Å². The molecule has 0 aromatic heterocycles. The monoisotopic (exact) mass is 439 g/mol. The Morgan fingerprint density at radius 2 is 1.85 bits per heavy atom. The van der Waals surface area contributed by atoms with E-state index in [1.165, 1.54) is 17.7 Å². The van der Waals surface area contributed by atoms with Gasteiger partial charge < -0.3 is 10.1 Å². The van der Waals surface area contributed by atoms with Gasteiger partial charge in [0.2, 0.25) is 0 Å². The van der Waals surface area contributed by atoms with Gasteiger partial charge in [-0.2, -0.15) is 0 Å². The summed E-state index contributed by atoms with van der Waals surface area (Å²) in [7, 11) is -3.23. The molecule has 1 atom stereocenters. The second-order valence-electron chi connectivity index (χ2n) is 6.04. The minimum Gasteiger partial charge on any atom is -0.483 e. The first-order valence-electron chi connectivity index (χ1n) is 8.21. The number of carbonyl (C=O) groups excluding carboxylic acids is 1. The first kappa shape index (κ1) is 20.5. The van der Waals surface area contributed by atoms with E-state index in [1.807, 2.05) is 25.1 Å². The van der Waals surface area contributed by atoms with Gasteiger partial charge >= 0.3 is 0 Å². The summed E-state index contributed by atoms with van der Waals surface area (Å²) < 4.78 is 29.4. The number of halogens is 1. The molecule has 0 bridgehead atoms.